The van der Waals surface area contributed by atoms with E-state index in [2.05, 4.69) is 10.3 Å². The molecule has 0 saturated carbocycles. The van der Waals surface area contributed by atoms with E-state index >= 15 is 0 Å². The summed E-state index contributed by atoms with van der Waals surface area (Å²) in [5.74, 6) is -0.372. The average molecular weight is 396 g/mol. The molecule has 0 aliphatic heterocycles. The number of aromatic nitrogens is 2. The number of hydrogen-bond acceptors (Lipinski definition) is 5. The molecule has 1 aromatic carbocycles. The van der Waals surface area contributed by atoms with Crippen molar-refractivity contribution in [2.24, 2.45) is 0 Å². The number of aromatic hydroxyl groups is 1. The third kappa shape index (κ3) is 4.96. The van der Waals surface area contributed by atoms with E-state index in [9.17, 15) is 14.7 Å². The maximum atomic E-state index is 12.1. The first-order valence-electron chi connectivity index (χ1n) is 7.59. The number of benzene rings is 1. The quantitative estimate of drug-likeness (QED) is 0.688. The van der Waals surface area contributed by atoms with Gasteiger partial charge in [-0.2, -0.15) is 0 Å². The van der Waals surface area contributed by atoms with Gasteiger partial charge in [0.05, 0.1) is 5.69 Å². The minimum atomic E-state index is -0.685. The second-order valence-electron chi connectivity index (χ2n) is 6.29. The lowest BCUT2D eigenvalue weighted by Crippen LogP contribution is -2.29. The van der Waals surface area contributed by atoms with Gasteiger partial charge >= 0.3 is 6.09 Å². The third-order valence-electron chi connectivity index (χ3n) is 3.06. The van der Waals surface area contributed by atoms with E-state index in [1.54, 1.807) is 45.0 Å². The van der Waals surface area contributed by atoms with E-state index in [1.165, 1.54) is 16.8 Å². The van der Waals surface area contributed by atoms with Gasteiger partial charge in [-0.1, -0.05) is 11.6 Å². The largest absolute Gasteiger partial charge is 0.494 e. The monoisotopic (exact) mass is 395 g/mol. The molecule has 0 aliphatic rings. The van der Waals surface area contributed by atoms with Gasteiger partial charge in [0, 0.05) is 11.2 Å². The molecule has 0 atom stereocenters. The number of alkyl carbamates (subject to hydrolysis) is 1. The number of carbonyl (C=O) groups excluding carboxylic acids is 1. The molecule has 0 bridgehead atoms. The highest BCUT2D eigenvalue weighted by Gasteiger charge is 2.15. The van der Waals surface area contributed by atoms with Gasteiger partial charge in [0.25, 0.3) is 5.56 Å². The molecule has 9 heteroatoms. The van der Waals surface area contributed by atoms with Crippen LogP contribution in [0.3, 0.4) is 0 Å². The van der Waals surface area contributed by atoms with Gasteiger partial charge in [-0.05, 0) is 63.3 Å². The second kappa shape index (κ2) is 7.76. The Morgan fingerprint density at radius 2 is 1.96 bits per heavy atom. The summed E-state index contributed by atoms with van der Waals surface area (Å²) in [6, 6.07) is 6.54. The lowest BCUT2D eigenvalue weighted by molar-refractivity contribution is 0.0553. The van der Waals surface area contributed by atoms with Crippen molar-refractivity contribution in [3.8, 4) is 11.6 Å². The molecule has 0 spiro atoms. The highest BCUT2D eigenvalue weighted by molar-refractivity contribution is 7.71. The van der Waals surface area contributed by atoms with Gasteiger partial charge in [-0.15, -0.1) is 0 Å². The number of H-pyrrole nitrogens is 1. The number of nitrogens with zero attached hydrogens (tertiary/aromatic N) is 1. The van der Waals surface area contributed by atoms with Crippen molar-refractivity contribution in [3.05, 3.63) is 56.2 Å². The molecular formula is C17H18ClN3O4S. The number of rotatable bonds is 3. The molecule has 0 saturated heterocycles. The van der Waals surface area contributed by atoms with Crippen LogP contribution in [0, 0.1) is 4.77 Å². The molecule has 26 heavy (non-hydrogen) atoms. The predicted octanol–water partition coefficient (Wildman–Crippen LogP) is 3.75. The first-order valence-corrected chi connectivity index (χ1v) is 8.37. The normalized spacial score (nSPS) is 11.5. The van der Waals surface area contributed by atoms with Gasteiger partial charge in [-0.25, -0.2) is 4.79 Å². The van der Waals surface area contributed by atoms with Crippen LogP contribution in [-0.2, 0) is 4.74 Å². The van der Waals surface area contributed by atoms with Crippen LogP contribution in [0.4, 0.5) is 4.79 Å². The minimum absolute atomic E-state index is 0.0204. The fourth-order valence-corrected chi connectivity index (χ4v) is 2.43. The van der Waals surface area contributed by atoms with E-state index in [0.717, 1.165) is 0 Å². The van der Waals surface area contributed by atoms with Crippen LogP contribution in [0.2, 0.25) is 5.02 Å². The Labute approximate surface area is 159 Å². The summed E-state index contributed by atoms with van der Waals surface area (Å²) >= 11 is 11.0. The van der Waals surface area contributed by atoms with Crippen LogP contribution >= 0.6 is 23.8 Å². The first kappa shape index (κ1) is 19.7. The van der Waals surface area contributed by atoms with Crippen LogP contribution in [0.15, 0.2) is 35.3 Å². The van der Waals surface area contributed by atoms with E-state index in [-0.39, 0.29) is 16.2 Å². The summed E-state index contributed by atoms with van der Waals surface area (Å²) < 4.78 is 6.37. The summed E-state index contributed by atoms with van der Waals surface area (Å²) in [6.45, 7) is 5.18. The van der Waals surface area contributed by atoms with Gasteiger partial charge in [0.15, 0.2) is 4.77 Å². The maximum absolute atomic E-state index is 12.1. The molecule has 1 aromatic heterocycles. The number of aromatic amines is 1. The maximum Gasteiger partial charge on any atom is 0.411 e. The molecule has 2 aromatic rings. The molecular weight excluding hydrogens is 378 g/mol. The Balaban J connectivity index is 2.35. The SMILES string of the molecule is CC(C)(C)OC(=O)NC=Cc1c(O)n(-c2ccc(Cl)cc2)c(=S)[nH]c1=O. The van der Waals surface area contributed by atoms with E-state index in [4.69, 9.17) is 28.6 Å². The number of hydrogen-bond donors (Lipinski definition) is 3. The van der Waals surface area contributed by atoms with Crippen molar-refractivity contribution in [1.29, 1.82) is 0 Å². The highest BCUT2D eigenvalue weighted by Crippen LogP contribution is 2.21. The molecule has 1 heterocycles. The van der Waals surface area contributed by atoms with Gasteiger partial charge in [-0.3, -0.25) is 19.7 Å². The Bertz CT molecular complexity index is 956. The number of halogens is 1. The number of amides is 1. The van der Waals surface area contributed by atoms with Crippen molar-refractivity contribution in [1.82, 2.24) is 14.9 Å². The smallest absolute Gasteiger partial charge is 0.411 e. The Morgan fingerprint density at radius 3 is 2.54 bits per heavy atom. The Morgan fingerprint density at radius 1 is 1.35 bits per heavy atom. The average Bonchev–Trinajstić information content (AvgIpc) is 2.50. The van der Waals surface area contributed by atoms with Gasteiger partial charge < -0.3 is 9.84 Å². The lowest BCUT2D eigenvalue weighted by Gasteiger charge is -2.18. The molecule has 138 valence electrons. The minimum Gasteiger partial charge on any atom is -0.494 e. The fraction of sp³-hybridized carbons (Fsp3) is 0.235. The summed E-state index contributed by atoms with van der Waals surface area (Å²) in [6.07, 6.45) is 1.77. The van der Waals surface area contributed by atoms with E-state index < -0.39 is 17.3 Å². The van der Waals surface area contributed by atoms with Crippen molar-refractivity contribution >= 4 is 36.0 Å². The number of ether oxygens (including phenoxy) is 1. The zero-order valence-electron chi connectivity index (χ0n) is 14.4. The summed E-state index contributed by atoms with van der Waals surface area (Å²) in [7, 11) is 0. The van der Waals surface area contributed by atoms with Crippen LogP contribution in [0.1, 0.15) is 26.3 Å². The third-order valence-corrected chi connectivity index (χ3v) is 3.59. The zero-order chi connectivity index (χ0) is 19.5. The van der Waals surface area contributed by atoms with Crippen molar-refractivity contribution in [2.75, 3.05) is 0 Å². The highest BCUT2D eigenvalue weighted by atomic mass is 35.5. The molecule has 0 fully saturated rings. The molecule has 2 rings (SSSR count). The molecule has 0 unspecified atom stereocenters. The number of carbonyl (C=O) groups is 1. The van der Waals surface area contributed by atoms with Crippen LogP contribution in [-0.4, -0.2) is 26.4 Å². The van der Waals surface area contributed by atoms with Crippen molar-refractivity contribution in [3.63, 3.8) is 0 Å². The van der Waals surface area contributed by atoms with E-state index in [1.807, 2.05) is 0 Å². The lowest BCUT2D eigenvalue weighted by atomic mass is 10.2. The standard InChI is InChI=1S/C17H18ClN3O4S/c1-17(2,3)25-16(24)19-9-8-12-13(22)20-15(26)21(14(12)23)11-6-4-10(18)5-7-11/h4-9,23H,1-3H3,(H,19,24)(H,20,22,26). The van der Waals surface area contributed by atoms with Crippen LogP contribution < -0.4 is 10.9 Å². The topological polar surface area (TPSA) is 96.3 Å². The molecule has 7 nitrogen and oxygen atoms in total. The summed E-state index contributed by atoms with van der Waals surface area (Å²) in [5, 5.41) is 13.4. The Hall–Kier alpha value is -2.58. The second-order valence-corrected chi connectivity index (χ2v) is 7.11. The van der Waals surface area contributed by atoms with Gasteiger partial charge in [0.2, 0.25) is 5.88 Å². The van der Waals surface area contributed by atoms with E-state index in [0.29, 0.717) is 10.7 Å². The fourth-order valence-electron chi connectivity index (χ4n) is 2.02. The van der Waals surface area contributed by atoms with Crippen molar-refractivity contribution < 1.29 is 14.6 Å². The molecule has 1 amide bonds. The first-order chi connectivity index (χ1) is 12.1. The summed E-state index contributed by atoms with van der Waals surface area (Å²) in [5.41, 5.74) is -0.813. The summed E-state index contributed by atoms with van der Waals surface area (Å²) in [4.78, 5) is 26.2. The molecule has 3 N–H and O–H groups in total. The number of nitrogens with one attached hydrogen (secondary N) is 2. The predicted molar refractivity (Wildman–Crippen MR) is 102 cm³/mol. The van der Waals surface area contributed by atoms with Crippen LogP contribution in [0.5, 0.6) is 5.88 Å². The molecule has 0 aliphatic carbocycles. The zero-order valence-corrected chi connectivity index (χ0v) is 15.9. The van der Waals surface area contributed by atoms with Gasteiger partial charge in [0.1, 0.15) is 11.2 Å². The Kier molecular flexibility index (Phi) is 5.89. The van der Waals surface area contributed by atoms with Crippen molar-refractivity contribution in [2.45, 2.75) is 26.4 Å². The van der Waals surface area contributed by atoms with Crippen LogP contribution in [0.25, 0.3) is 11.8 Å². The molecule has 0 radical (unpaired) electrons.